The first-order valence-corrected chi connectivity index (χ1v) is 6.50. The summed E-state index contributed by atoms with van der Waals surface area (Å²) in [5.74, 6) is 1.92. The molecule has 98 valence electrons. The van der Waals surface area contributed by atoms with E-state index in [0.29, 0.717) is 23.4 Å². The van der Waals surface area contributed by atoms with Gasteiger partial charge in [0.05, 0.1) is 7.11 Å². The fraction of sp³-hybridized carbons (Fsp3) is 0.643. The molecule has 1 aliphatic rings. The van der Waals surface area contributed by atoms with Crippen molar-refractivity contribution < 1.29 is 9.53 Å². The van der Waals surface area contributed by atoms with Gasteiger partial charge in [0.25, 0.3) is 0 Å². The summed E-state index contributed by atoms with van der Waals surface area (Å²) in [4.78, 5) is 20.4. The third-order valence-electron chi connectivity index (χ3n) is 3.65. The van der Waals surface area contributed by atoms with E-state index in [1.807, 2.05) is 0 Å². The lowest BCUT2D eigenvalue weighted by atomic mass is 9.74. The normalized spacial score (nSPS) is 27.8. The van der Waals surface area contributed by atoms with Crippen LogP contribution in [0.2, 0.25) is 0 Å². The second-order valence-electron chi connectivity index (χ2n) is 5.42. The van der Waals surface area contributed by atoms with Gasteiger partial charge in [0.1, 0.15) is 12.0 Å². The Morgan fingerprint density at radius 2 is 1.89 bits per heavy atom. The summed E-state index contributed by atoms with van der Waals surface area (Å²) in [6.45, 7) is 4.44. The summed E-state index contributed by atoms with van der Waals surface area (Å²) >= 11 is 0. The number of hydrogen-bond acceptors (Lipinski definition) is 4. The average Bonchev–Trinajstić information content (AvgIpc) is 2.37. The Hall–Kier alpha value is -1.45. The lowest BCUT2D eigenvalue weighted by Gasteiger charge is -2.30. The minimum atomic E-state index is 0.100. The smallest absolute Gasteiger partial charge is 0.216 e. The molecule has 2 unspecified atom stereocenters. The van der Waals surface area contributed by atoms with Crippen molar-refractivity contribution in [1.82, 2.24) is 9.97 Å². The molecule has 1 aromatic rings. The first kappa shape index (κ1) is 13.0. The Kier molecular flexibility index (Phi) is 3.94. The number of carbonyl (C=O) groups excluding carboxylic acids is 1. The van der Waals surface area contributed by atoms with Gasteiger partial charge in [-0.1, -0.05) is 13.8 Å². The molecule has 2 rings (SSSR count). The fourth-order valence-electron chi connectivity index (χ4n) is 2.96. The van der Waals surface area contributed by atoms with Crippen LogP contribution in [0.15, 0.2) is 12.4 Å². The Labute approximate surface area is 108 Å². The summed E-state index contributed by atoms with van der Waals surface area (Å²) < 4.78 is 5.03. The van der Waals surface area contributed by atoms with Gasteiger partial charge in [-0.25, -0.2) is 9.97 Å². The van der Waals surface area contributed by atoms with Crippen molar-refractivity contribution >= 4 is 5.78 Å². The van der Waals surface area contributed by atoms with Crippen LogP contribution >= 0.6 is 0 Å². The third kappa shape index (κ3) is 2.86. The number of hydrogen-bond donors (Lipinski definition) is 0. The predicted molar refractivity (Wildman–Crippen MR) is 68.6 cm³/mol. The molecule has 1 aliphatic carbocycles. The topological polar surface area (TPSA) is 52.1 Å². The molecule has 0 aliphatic heterocycles. The van der Waals surface area contributed by atoms with Gasteiger partial charge in [-0.2, -0.15) is 0 Å². The molecule has 4 heteroatoms. The van der Waals surface area contributed by atoms with Crippen molar-refractivity contribution in [2.24, 2.45) is 17.8 Å². The van der Waals surface area contributed by atoms with Crippen molar-refractivity contribution in [3.05, 3.63) is 18.1 Å². The van der Waals surface area contributed by atoms with E-state index in [2.05, 4.69) is 23.8 Å². The van der Waals surface area contributed by atoms with E-state index in [-0.39, 0.29) is 11.7 Å². The van der Waals surface area contributed by atoms with E-state index in [9.17, 15) is 4.79 Å². The molecular weight excluding hydrogens is 228 g/mol. The molecular formula is C14H20N2O2. The highest BCUT2D eigenvalue weighted by molar-refractivity contribution is 5.96. The lowest BCUT2D eigenvalue weighted by molar-refractivity contribution is 0.0830. The second-order valence-corrected chi connectivity index (χ2v) is 5.42. The standard InChI is InChI=1S/C14H20N2O2/c1-9-4-10(2)6-11(5-9)14(17)12-7-13(18-3)16-8-15-12/h7-11H,4-6H2,1-3H3. The van der Waals surface area contributed by atoms with Crippen LogP contribution in [0.1, 0.15) is 43.6 Å². The molecule has 0 amide bonds. The molecule has 1 fully saturated rings. The van der Waals surface area contributed by atoms with Crippen LogP contribution in [-0.2, 0) is 0 Å². The predicted octanol–water partition coefficient (Wildman–Crippen LogP) is 2.74. The van der Waals surface area contributed by atoms with Gasteiger partial charge in [0, 0.05) is 12.0 Å². The number of nitrogens with zero attached hydrogens (tertiary/aromatic N) is 2. The number of ether oxygens (including phenoxy) is 1. The van der Waals surface area contributed by atoms with E-state index in [1.54, 1.807) is 13.2 Å². The highest BCUT2D eigenvalue weighted by Gasteiger charge is 2.30. The van der Waals surface area contributed by atoms with Crippen LogP contribution in [0, 0.1) is 17.8 Å². The second kappa shape index (κ2) is 5.46. The number of carbonyl (C=O) groups is 1. The first-order valence-electron chi connectivity index (χ1n) is 6.50. The highest BCUT2D eigenvalue weighted by atomic mass is 16.5. The van der Waals surface area contributed by atoms with Crippen LogP contribution in [0.25, 0.3) is 0 Å². The third-order valence-corrected chi connectivity index (χ3v) is 3.65. The lowest BCUT2D eigenvalue weighted by Crippen LogP contribution is -2.26. The van der Waals surface area contributed by atoms with Crippen molar-refractivity contribution in [3.8, 4) is 5.88 Å². The molecule has 1 heterocycles. The Morgan fingerprint density at radius 1 is 1.22 bits per heavy atom. The number of ketones is 1. The number of rotatable bonds is 3. The Morgan fingerprint density at radius 3 is 2.50 bits per heavy atom. The number of aromatic nitrogens is 2. The fourth-order valence-corrected chi connectivity index (χ4v) is 2.96. The van der Waals surface area contributed by atoms with E-state index >= 15 is 0 Å². The molecule has 1 saturated carbocycles. The minimum Gasteiger partial charge on any atom is -0.481 e. The van der Waals surface area contributed by atoms with Crippen molar-refractivity contribution in [2.75, 3.05) is 7.11 Å². The van der Waals surface area contributed by atoms with Crippen LogP contribution in [-0.4, -0.2) is 22.9 Å². The molecule has 0 aromatic carbocycles. The molecule has 0 bridgehead atoms. The monoisotopic (exact) mass is 248 g/mol. The van der Waals surface area contributed by atoms with Crippen LogP contribution < -0.4 is 4.74 Å². The SMILES string of the molecule is COc1cc(C(=O)C2CC(C)CC(C)C2)ncn1. The van der Waals surface area contributed by atoms with Gasteiger partial charge in [-0.15, -0.1) is 0 Å². The largest absolute Gasteiger partial charge is 0.481 e. The molecule has 0 spiro atoms. The highest BCUT2D eigenvalue weighted by Crippen LogP contribution is 2.34. The van der Waals surface area contributed by atoms with Crippen LogP contribution in [0.4, 0.5) is 0 Å². The molecule has 2 atom stereocenters. The maximum atomic E-state index is 12.4. The van der Waals surface area contributed by atoms with Gasteiger partial charge in [0.15, 0.2) is 5.78 Å². The van der Waals surface area contributed by atoms with Crippen LogP contribution in [0.3, 0.4) is 0 Å². The van der Waals surface area contributed by atoms with E-state index in [1.165, 1.54) is 12.7 Å². The zero-order chi connectivity index (χ0) is 13.1. The van der Waals surface area contributed by atoms with E-state index in [4.69, 9.17) is 4.74 Å². The molecule has 0 saturated heterocycles. The van der Waals surface area contributed by atoms with Crippen molar-refractivity contribution in [2.45, 2.75) is 33.1 Å². The zero-order valence-corrected chi connectivity index (χ0v) is 11.2. The molecule has 0 radical (unpaired) electrons. The number of Topliss-reactive ketones (excluding diaryl/α,β-unsaturated/α-hetero) is 1. The van der Waals surface area contributed by atoms with Gasteiger partial charge in [-0.05, 0) is 31.1 Å². The summed E-state index contributed by atoms with van der Waals surface area (Å²) in [5.41, 5.74) is 0.480. The van der Waals surface area contributed by atoms with Gasteiger partial charge >= 0.3 is 0 Å². The number of methoxy groups -OCH3 is 1. The molecule has 1 aromatic heterocycles. The van der Waals surface area contributed by atoms with Crippen molar-refractivity contribution in [3.63, 3.8) is 0 Å². The van der Waals surface area contributed by atoms with Crippen molar-refractivity contribution in [1.29, 1.82) is 0 Å². The first-order chi connectivity index (χ1) is 8.60. The maximum Gasteiger partial charge on any atom is 0.216 e. The Balaban J connectivity index is 2.14. The minimum absolute atomic E-state index is 0.100. The summed E-state index contributed by atoms with van der Waals surface area (Å²) in [7, 11) is 1.54. The average molecular weight is 248 g/mol. The quantitative estimate of drug-likeness (QED) is 0.772. The summed E-state index contributed by atoms with van der Waals surface area (Å²) in [6.07, 6.45) is 4.55. The van der Waals surface area contributed by atoms with Gasteiger partial charge in [0.2, 0.25) is 5.88 Å². The zero-order valence-electron chi connectivity index (χ0n) is 11.2. The summed E-state index contributed by atoms with van der Waals surface area (Å²) in [6, 6.07) is 1.63. The molecule has 0 N–H and O–H groups in total. The molecule has 4 nitrogen and oxygen atoms in total. The van der Waals surface area contributed by atoms with E-state index < -0.39 is 0 Å². The van der Waals surface area contributed by atoms with Gasteiger partial charge < -0.3 is 4.74 Å². The Bertz CT molecular complexity index is 424. The van der Waals surface area contributed by atoms with E-state index in [0.717, 1.165) is 12.8 Å². The maximum absolute atomic E-state index is 12.4. The van der Waals surface area contributed by atoms with Gasteiger partial charge in [-0.3, -0.25) is 4.79 Å². The van der Waals surface area contributed by atoms with Crippen LogP contribution in [0.5, 0.6) is 5.88 Å². The summed E-state index contributed by atoms with van der Waals surface area (Å²) in [5, 5.41) is 0. The molecule has 18 heavy (non-hydrogen) atoms.